The van der Waals surface area contributed by atoms with Crippen LogP contribution in [-0.4, -0.2) is 37.0 Å². The standard InChI is InChI=1S/C10H19N3O/c1-13-7-4-9(5-8-13)12-6-2-3-10(11)14/h2,6,9,12H,3-5,7-8H2,1H3,(H2,11,14)/b6-2+. The van der Waals surface area contributed by atoms with Gasteiger partial charge in [0, 0.05) is 12.5 Å². The summed E-state index contributed by atoms with van der Waals surface area (Å²) >= 11 is 0. The van der Waals surface area contributed by atoms with Gasteiger partial charge in [-0.05, 0) is 39.2 Å². The monoisotopic (exact) mass is 197 g/mol. The van der Waals surface area contributed by atoms with Gasteiger partial charge >= 0.3 is 0 Å². The highest BCUT2D eigenvalue weighted by molar-refractivity contribution is 5.75. The number of piperidine rings is 1. The number of primary amides is 1. The fourth-order valence-electron chi connectivity index (χ4n) is 1.55. The van der Waals surface area contributed by atoms with Crippen LogP contribution >= 0.6 is 0 Å². The Morgan fingerprint density at radius 1 is 1.57 bits per heavy atom. The quantitative estimate of drug-likeness (QED) is 0.670. The third-order valence-corrected chi connectivity index (χ3v) is 2.49. The van der Waals surface area contributed by atoms with Crippen molar-refractivity contribution >= 4 is 5.91 Å². The lowest BCUT2D eigenvalue weighted by Gasteiger charge is -2.28. The molecule has 0 bridgehead atoms. The van der Waals surface area contributed by atoms with Crippen molar-refractivity contribution in [2.24, 2.45) is 5.73 Å². The van der Waals surface area contributed by atoms with Crippen LogP contribution in [0.2, 0.25) is 0 Å². The summed E-state index contributed by atoms with van der Waals surface area (Å²) in [6.45, 7) is 2.28. The molecule has 0 aromatic heterocycles. The fourth-order valence-corrected chi connectivity index (χ4v) is 1.55. The lowest BCUT2D eigenvalue weighted by molar-refractivity contribution is -0.117. The highest BCUT2D eigenvalue weighted by Crippen LogP contribution is 2.07. The van der Waals surface area contributed by atoms with Gasteiger partial charge in [0.1, 0.15) is 0 Å². The number of carbonyl (C=O) groups is 1. The van der Waals surface area contributed by atoms with Gasteiger partial charge in [-0.3, -0.25) is 4.79 Å². The summed E-state index contributed by atoms with van der Waals surface area (Å²) < 4.78 is 0. The zero-order chi connectivity index (χ0) is 10.4. The number of hydrogen-bond donors (Lipinski definition) is 2. The van der Waals surface area contributed by atoms with E-state index in [0.717, 1.165) is 25.9 Å². The summed E-state index contributed by atoms with van der Waals surface area (Å²) in [4.78, 5) is 12.8. The van der Waals surface area contributed by atoms with Crippen molar-refractivity contribution < 1.29 is 4.79 Å². The number of carbonyl (C=O) groups excluding carboxylic acids is 1. The van der Waals surface area contributed by atoms with Crippen molar-refractivity contribution in [1.82, 2.24) is 10.2 Å². The predicted molar refractivity (Wildman–Crippen MR) is 56.6 cm³/mol. The average molecular weight is 197 g/mol. The average Bonchev–Trinajstić information content (AvgIpc) is 2.15. The molecular weight excluding hydrogens is 178 g/mol. The highest BCUT2D eigenvalue weighted by Gasteiger charge is 2.14. The van der Waals surface area contributed by atoms with Crippen molar-refractivity contribution in [3.63, 3.8) is 0 Å². The minimum atomic E-state index is -0.286. The summed E-state index contributed by atoms with van der Waals surface area (Å²) in [5, 5.41) is 3.28. The Balaban J connectivity index is 2.12. The van der Waals surface area contributed by atoms with Gasteiger partial charge in [0.2, 0.25) is 5.91 Å². The van der Waals surface area contributed by atoms with Crippen LogP contribution in [0.4, 0.5) is 0 Å². The summed E-state index contributed by atoms with van der Waals surface area (Å²) in [5.74, 6) is -0.286. The molecule has 80 valence electrons. The number of nitrogens with zero attached hydrogens (tertiary/aromatic N) is 1. The first-order valence-corrected chi connectivity index (χ1v) is 5.06. The van der Waals surface area contributed by atoms with Crippen LogP contribution in [0.1, 0.15) is 19.3 Å². The Morgan fingerprint density at radius 3 is 2.79 bits per heavy atom. The van der Waals surface area contributed by atoms with Crippen molar-refractivity contribution in [2.75, 3.05) is 20.1 Å². The second kappa shape index (κ2) is 5.65. The van der Waals surface area contributed by atoms with Gasteiger partial charge in [-0.2, -0.15) is 0 Å². The normalized spacial score (nSPS) is 20.1. The molecule has 0 atom stereocenters. The molecule has 1 aliphatic rings. The summed E-state index contributed by atoms with van der Waals surface area (Å²) in [7, 11) is 2.14. The largest absolute Gasteiger partial charge is 0.388 e. The smallest absolute Gasteiger partial charge is 0.221 e. The molecule has 1 fully saturated rings. The second-order valence-corrected chi connectivity index (χ2v) is 3.82. The van der Waals surface area contributed by atoms with Crippen molar-refractivity contribution in [2.45, 2.75) is 25.3 Å². The second-order valence-electron chi connectivity index (χ2n) is 3.82. The van der Waals surface area contributed by atoms with E-state index in [0.29, 0.717) is 12.5 Å². The molecule has 3 N–H and O–H groups in total. The summed E-state index contributed by atoms with van der Waals surface area (Å²) in [6.07, 6.45) is 6.27. The molecule has 0 radical (unpaired) electrons. The summed E-state index contributed by atoms with van der Waals surface area (Å²) in [5.41, 5.74) is 5.01. The molecule has 4 heteroatoms. The molecule has 1 heterocycles. The van der Waals surface area contributed by atoms with Crippen molar-refractivity contribution in [1.29, 1.82) is 0 Å². The van der Waals surface area contributed by atoms with Gasteiger partial charge in [0.05, 0.1) is 0 Å². The van der Waals surface area contributed by atoms with E-state index in [9.17, 15) is 4.79 Å². The molecule has 0 aromatic rings. The highest BCUT2D eigenvalue weighted by atomic mass is 16.1. The van der Waals surface area contributed by atoms with Crippen LogP contribution in [0, 0.1) is 0 Å². The Kier molecular flexibility index (Phi) is 4.46. The first-order chi connectivity index (χ1) is 6.68. The maximum absolute atomic E-state index is 10.4. The first-order valence-electron chi connectivity index (χ1n) is 5.06. The lowest BCUT2D eigenvalue weighted by Crippen LogP contribution is -2.38. The molecule has 0 aromatic carbocycles. The number of amides is 1. The van der Waals surface area contributed by atoms with Crippen LogP contribution in [0.15, 0.2) is 12.3 Å². The zero-order valence-electron chi connectivity index (χ0n) is 8.70. The van der Waals surface area contributed by atoms with E-state index < -0.39 is 0 Å². The van der Waals surface area contributed by atoms with E-state index in [1.165, 1.54) is 0 Å². The topological polar surface area (TPSA) is 58.4 Å². The Morgan fingerprint density at radius 2 is 2.21 bits per heavy atom. The van der Waals surface area contributed by atoms with Crippen LogP contribution in [-0.2, 0) is 4.79 Å². The van der Waals surface area contributed by atoms with Crippen molar-refractivity contribution in [3.05, 3.63) is 12.3 Å². The zero-order valence-corrected chi connectivity index (χ0v) is 8.70. The van der Waals surface area contributed by atoms with Gasteiger partial charge in [-0.15, -0.1) is 0 Å². The maximum Gasteiger partial charge on any atom is 0.221 e. The van der Waals surface area contributed by atoms with E-state index >= 15 is 0 Å². The molecule has 0 unspecified atom stereocenters. The van der Waals surface area contributed by atoms with Gasteiger partial charge < -0.3 is 16.0 Å². The minimum Gasteiger partial charge on any atom is -0.388 e. The van der Waals surface area contributed by atoms with Crippen LogP contribution in [0.25, 0.3) is 0 Å². The number of hydrogen-bond acceptors (Lipinski definition) is 3. The lowest BCUT2D eigenvalue weighted by atomic mass is 10.1. The van der Waals surface area contributed by atoms with Gasteiger partial charge in [-0.1, -0.05) is 6.08 Å². The predicted octanol–water partition coefficient (Wildman–Crippen LogP) is 0.0593. The molecule has 14 heavy (non-hydrogen) atoms. The third kappa shape index (κ3) is 4.28. The number of rotatable bonds is 4. The fraction of sp³-hybridized carbons (Fsp3) is 0.700. The molecule has 0 spiro atoms. The molecule has 0 saturated carbocycles. The molecule has 1 saturated heterocycles. The van der Waals surface area contributed by atoms with Gasteiger partial charge in [0.15, 0.2) is 0 Å². The molecule has 0 aliphatic carbocycles. The van der Waals surface area contributed by atoms with Gasteiger partial charge in [0.25, 0.3) is 0 Å². The van der Waals surface area contributed by atoms with E-state index in [1.807, 2.05) is 6.20 Å². The van der Waals surface area contributed by atoms with Crippen molar-refractivity contribution in [3.8, 4) is 0 Å². The maximum atomic E-state index is 10.4. The number of nitrogens with one attached hydrogen (secondary N) is 1. The number of likely N-dealkylation sites (tertiary alicyclic amines) is 1. The van der Waals surface area contributed by atoms with Crippen LogP contribution in [0.3, 0.4) is 0 Å². The first kappa shape index (κ1) is 11.0. The van der Waals surface area contributed by atoms with E-state index in [2.05, 4.69) is 17.3 Å². The van der Waals surface area contributed by atoms with Crippen LogP contribution < -0.4 is 11.1 Å². The Labute approximate surface area is 85.1 Å². The Hall–Kier alpha value is -1.03. The molecule has 4 nitrogen and oxygen atoms in total. The van der Waals surface area contributed by atoms with Gasteiger partial charge in [-0.25, -0.2) is 0 Å². The van der Waals surface area contributed by atoms with Crippen LogP contribution in [0.5, 0.6) is 0 Å². The Bertz CT molecular complexity index is 207. The summed E-state index contributed by atoms with van der Waals surface area (Å²) in [6, 6.07) is 0.551. The third-order valence-electron chi connectivity index (χ3n) is 2.49. The molecule has 1 aliphatic heterocycles. The minimum absolute atomic E-state index is 0.286. The SMILES string of the molecule is CN1CCC(N/C=C/CC(N)=O)CC1. The van der Waals surface area contributed by atoms with E-state index in [1.54, 1.807) is 6.08 Å². The van der Waals surface area contributed by atoms with E-state index in [-0.39, 0.29) is 5.91 Å². The molecule has 1 amide bonds. The van der Waals surface area contributed by atoms with E-state index in [4.69, 9.17) is 5.73 Å². The number of nitrogens with two attached hydrogens (primary N) is 1. The molecular formula is C10H19N3O. The molecule has 1 rings (SSSR count).